The number of aromatic amines is 1. The van der Waals surface area contributed by atoms with Gasteiger partial charge in [0, 0.05) is 31.0 Å². The largest absolute Gasteiger partial charge is 0.337 e. The van der Waals surface area contributed by atoms with Gasteiger partial charge in [-0.2, -0.15) is 5.10 Å². The Bertz CT molecular complexity index is 876. The zero-order valence-electron chi connectivity index (χ0n) is 15.3. The SMILES string of the molecule is O=C(c1cc(-c2ccncc2)n[nH]1)N1CCC[C@@H](CCc2ccccc2)C1. The van der Waals surface area contributed by atoms with Crippen LogP contribution in [0.1, 0.15) is 35.3 Å². The average Bonchev–Trinajstić information content (AvgIpc) is 3.24. The summed E-state index contributed by atoms with van der Waals surface area (Å²) in [7, 11) is 0. The molecule has 0 radical (unpaired) electrons. The number of nitrogens with one attached hydrogen (secondary N) is 1. The van der Waals surface area contributed by atoms with Gasteiger partial charge in [-0.3, -0.25) is 14.9 Å². The number of piperidine rings is 1. The highest BCUT2D eigenvalue weighted by atomic mass is 16.2. The molecule has 0 aliphatic carbocycles. The van der Waals surface area contributed by atoms with Crippen LogP contribution in [0.25, 0.3) is 11.3 Å². The Morgan fingerprint density at radius 3 is 2.78 bits per heavy atom. The number of rotatable bonds is 5. The van der Waals surface area contributed by atoms with Crippen LogP contribution < -0.4 is 0 Å². The molecule has 0 spiro atoms. The van der Waals surface area contributed by atoms with Crippen LogP contribution in [0.3, 0.4) is 0 Å². The van der Waals surface area contributed by atoms with Crippen LogP contribution in [0.5, 0.6) is 0 Å². The molecule has 0 unspecified atom stereocenters. The van der Waals surface area contributed by atoms with Gasteiger partial charge in [0.15, 0.2) is 0 Å². The summed E-state index contributed by atoms with van der Waals surface area (Å²) in [5.41, 5.74) is 3.67. The van der Waals surface area contributed by atoms with Gasteiger partial charge in [0.1, 0.15) is 5.69 Å². The van der Waals surface area contributed by atoms with Gasteiger partial charge in [-0.25, -0.2) is 0 Å². The van der Waals surface area contributed by atoms with Crippen LogP contribution in [0.4, 0.5) is 0 Å². The number of carbonyl (C=O) groups is 1. The minimum atomic E-state index is 0.0483. The summed E-state index contributed by atoms with van der Waals surface area (Å²) in [6.45, 7) is 1.65. The lowest BCUT2D eigenvalue weighted by Gasteiger charge is -2.32. The van der Waals surface area contributed by atoms with Gasteiger partial charge in [-0.1, -0.05) is 30.3 Å². The Morgan fingerprint density at radius 2 is 1.96 bits per heavy atom. The van der Waals surface area contributed by atoms with E-state index in [1.54, 1.807) is 12.4 Å². The van der Waals surface area contributed by atoms with Crippen molar-refractivity contribution in [3.63, 3.8) is 0 Å². The van der Waals surface area contributed by atoms with Gasteiger partial charge in [0.05, 0.1) is 5.69 Å². The number of aromatic nitrogens is 3. The lowest BCUT2D eigenvalue weighted by Crippen LogP contribution is -2.40. The van der Waals surface area contributed by atoms with Gasteiger partial charge in [-0.05, 0) is 55.4 Å². The minimum Gasteiger partial charge on any atom is -0.337 e. The summed E-state index contributed by atoms with van der Waals surface area (Å²) in [5.74, 6) is 0.609. The van der Waals surface area contributed by atoms with E-state index in [1.165, 1.54) is 12.0 Å². The van der Waals surface area contributed by atoms with Gasteiger partial charge in [0.25, 0.3) is 5.91 Å². The van der Waals surface area contributed by atoms with Crippen LogP contribution in [-0.2, 0) is 6.42 Å². The van der Waals surface area contributed by atoms with Gasteiger partial charge < -0.3 is 4.90 Å². The van der Waals surface area contributed by atoms with Crippen LogP contribution in [0.15, 0.2) is 60.9 Å². The third-order valence-corrected chi connectivity index (χ3v) is 5.27. The van der Waals surface area contributed by atoms with E-state index in [4.69, 9.17) is 0 Å². The van der Waals surface area contributed by atoms with E-state index in [9.17, 15) is 4.79 Å². The van der Waals surface area contributed by atoms with E-state index in [-0.39, 0.29) is 5.91 Å². The normalized spacial score (nSPS) is 17.0. The molecule has 5 nitrogen and oxygen atoms in total. The van der Waals surface area contributed by atoms with Crippen molar-refractivity contribution in [1.82, 2.24) is 20.1 Å². The summed E-state index contributed by atoms with van der Waals surface area (Å²) >= 11 is 0. The zero-order valence-corrected chi connectivity index (χ0v) is 15.3. The molecule has 138 valence electrons. The maximum Gasteiger partial charge on any atom is 0.271 e. The van der Waals surface area contributed by atoms with Crippen molar-refractivity contribution in [3.05, 3.63) is 72.2 Å². The molecule has 1 N–H and O–H groups in total. The second-order valence-corrected chi connectivity index (χ2v) is 7.19. The smallest absolute Gasteiger partial charge is 0.271 e. The van der Waals surface area contributed by atoms with Crippen molar-refractivity contribution >= 4 is 5.91 Å². The Morgan fingerprint density at radius 1 is 1.15 bits per heavy atom. The molecule has 3 heterocycles. The van der Waals surface area contributed by atoms with Crippen molar-refractivity contribution in [2.45, 2.75) is 25.7 Å². The molecule has 4 rings (SSSR count). The number of hydrogen-bond donors (Lipinski definition) is 1. The van der Waals surface area contributed by atoms with Crippen LogP contribution in [0, 0.1) is 5.92 Å². The fourth-order valence-electron chi connectivity index (χ4n) is 3.77. The molecule has 3 aromatic rings. The third-order valence-electron chi connectivity index (χ3n) is 5.27. The number of nitrogens with zero attached hydrogens (tertiary/aromatic N) is 3. The number of H-pyrrole nitrogens is 1. The molecule has 1 saturated heterocycles. The maximum atomic E-state index is 12.9. The number of aryl methyl sites for hydroxylation is 1. The Kier molecular flexibility index (Phi) is 5.28. The molecule has 1 atom stereocenters. The Labute approximate surface area is 159 Å². The number of amides is 1. The predicted molar refractivity (Wildman–Crippen MR) is 105 cm³/mol. The predicted octanol–water partition coefficient (Wildman–Crippen LogP) is 3.96. The molecular weight excluding hydrogens is 336 g/mol. The molecule has 1 amide bonds. The van der Waals surface area contributed by atoms with Gasteiger partial charge in [-0.15, -0.1) is 0 Å². The fraction of sp³-hybridized carbons (Fsp3) is 0.318. The lowest BCUT2D eigenvalue weighted by molar-refractivity contribution is 0.0662. The van der Waals surface area contributed by atoms with Crippen molar-refractivity contribution in [1.29, 1.82) is 0 Å². The van der Waals surface area contributed by atoms with E-state index >= 15 is 0 Å². The first-order valence-electron chi connectivity index (χ1n) is 9.58. The van der Waals surface area contributed by atoms with Crippen molar-refractivity contribution in [2.24, 2.45) is 5.92 Å². The zero-order chi connectivity index (χ0) is 18.5. The molecule has 2 aromatic heterocycles. The summed E-state index contributed by atoms with van der Waals surface area (Å²) in [4.78, 5) is 18.9. The van der Waals surface area contributed by atoms with Gasteiger partial charge in [0.2, 0.25) is 0 Å². The fourth-order valence-corrected chi connectivity index (χ4v) is 3.77. The van der Waals surface area contributed by atoms with E-state index in [1.807, 2.05) is 23.1 Å². The van der Waals surface area contributed by atoms with Crippen molar-refractivity contribution in [2.75, 3.05) is 13.1 Å². The van der Waals surface area contributed by atoms with E-state index < -0.39 is 0 Å². The minimum absolute atomic E-state index is 0.0483. The standard InChI is InChI=1S/C22H24N4O/c27-22(21-15-20(24-25-21)19-10-12-23-13-11-19)26-14-4-7-18(16-26)9-8-17-5-2-1-3-6-17/h1-3,5-6,10-13,15,18H,4,7-9,14,16H2,(H,24,25)/t18-/m0/s1. The summed E-state index contributed by atoms with van der Waals surface area (Å²) < 4.78 is 0. The number of carbonyl (C=O) groups excluding carboxylic acids is 1. The summed E-state index contributed by atoms with van der Waals surface area (Å²) in [6, 6.07) is 16.2. The third kappa shape index (κ3) is 4.25. The molecule has 1 aliphatic rings. The highest BCUT2D eigenvalue weighted by molar-refractivity contribution is 5.93. The van der Waals surface area contributed by atoms with E-state index in [0.29, 0.717) is 11.6 Å². The number of likely N-dealkylation sites (tertiary alicyclic amines) is 1. The molecule has 1 aromatic carbocycles. The monoisotopic (exact) mass is 360 g/mol. The second kappa shape index (κ2) is 8.16. The first-order chi connectivity index (χ1) is 13.3. The summed E-state index contributed by atoms with van der Waals surface area (Å²) in [6.07, 6.45) is 7.92. The topological polar surface area (TPSA) is 61.9 Å². The first-order valence-corrected chi connectivity index (χ1v) is 9.58. The highest BCUT2D eigenvalue weighted by Crippen LogP contribution is 2.24. The van der Waals surface area contributed by atoms with Crippen molar-refractivity contribution < 1.29 is 4.79 Å². The molecule has 0 saturated carbocycles. The molecule has 1 fully saturated rings. The molecule has 0 bridgehead atoms. The van der Waals surface area contributed by atoms with Crippen LogP contribution >= 0.6 is 0 Å². The van der Waals surface area contributed by atoms with E-state index in [2.05, 4.69) is 45.5 Å². The molecular formula is C22H24N4O. The van der Waals surface area contributed by atoms with E-state index in [0.717, 1.165) is 43.6 Å². The number of hydrogen-bond acceptors (Lipinski definition) is 3. The number of benzene rings is 1. The quantitative estimate of drug-likeness (QED) is 0.749. The maximum absolute atomic E-state index is 12.9. The summed E-state index contributed by atoms with van der Waals surface area (Å²) in [5, 5.41) is 7.21. The van der Waals surface area contributed by atoms with Crippen molar-refractivity contribution in [3.8, 4) is 11.3 Å². The second-order valence-electron chi connectivity index (χ2n) is 7.19. The Balaban J connectivity index is 1.38. The number of pyridine rings is 1. The average molecular weight is 360 g/mol. The van der Waals surface area contributed by atoms with Crippen LogP contribution in [0.2, 0.25) is 0 Å². The van der Waals surface area contributed by atoms with Gasteiger partial charge >= 0.3 is 0 Å². The highest BCUT2D eigenvalue weighted by Gasteiger charge is 2.25. The molecule has 5 heteroatoms. The Hall–Kier alpha value is -2.95. The molecule has 27 heavy (non-hydrogen) atoms. The van der Waals surface area contributed by atoms with Crippen LogP contribution in [-0.4, -0.2) is 39.1 Å². The first kappa shape index (κ1) is 17.5. The lowest BCUT2D eigenvalue weighted by atomic mass is 9.91. The molecule has 1 aliphatic heterocycles.